The summed E-state index contributed by atoms with van der Waals surface area (Å²) in [7, 11) is 1.30. The first-order chi connectivity index (χ1) is 15.5. The normalized spacial score (nSPS) is 12.0. The topological polar surface area (TPSA) is 118 Å². The van der Waals surface area contributed by atoms with E-state index in [9.17, 15) is 13.6 Å². The van der Waals surface area contributed by atoms with Crippen LogP contribution in [0.15, 0.2) is 65.5 Å². The van der Waals surface area contributed by atoms with Gasteiger partial charge in [0.25, 0.3) is 0 Å². The van der Waals surface area contributed by atoms with E-state index in [4.69, 9.17) is 14.9 Å². The highest BCUT2D eigenvalue weighted by Crippen LogP contribution is 2.34. The molecule has 3 heterocycles. The summed E-state index contributed by atoms with van der Waals surface area (Å²) in [5.41, 5.74) is 6.34. The fraction of sp³-hybridized carbons (Fsp3) is 0.143. The van der Waals surface area contributed by atoms with Crippen LogP contribution in [0.2, 0.25) is 0 Å². The van der Waals surface area contributed by atoms with Gasteiger partial charge in [-0.2, -0.15) is 13.9 Å². The molecule has 4 aromatic rings. The van der Waals surface area contributed by atoms with E-state index in [0.717, 1.165) is 0 Å². The standard InChI is InChI=1S/C21H17F2N5O4/c1-30-16-10-12(5-6-14(16)32-21(22)23)18(19(24)29)13-11-17(28-8-3-7-25-28)27-20(26-13)15-4-2-9-31-15/h2-11,18,21H,1H3,(H2,24,29). The maximum Gasteiger partial charge on any atom is 0.387 e. The average molecular weight is 441 g/mol. The van der Waals surface area contributed by atoms with E-state index in [1.165, 1.54) is 36.3 Å². The molecule has 32 heavy (non-hydrogen) atoms. The quantitative estimate of drug-likeness (QED) is 0.446. The number of aromatic nitrogens is 4. The van der Waals surface area contributed by atoms with E-state index in [0.29, 0.717) is 17.1 Å². The maximum absolute atomic E-state index is 12.7. The molecule has 0 spiro atoms. The van der Waals surface area contributed by atoms with Crippen LogP contribution in [0.25, 0.3) is 17.4 Å². The smallest absolute Gasteiger partial charge is 0.387 e. The van der Waals surface area contributed by atoms with Crippen LogP contribution in [-0.2, 0) is 4.79 Å². The van der Waals surface area contributed by atoms with Crippen LogP contribution < -0.4 is 15.2 Å². The molecule has 0 bridgehead atoms. The highest BCUT2D eigenvalue weighted by atomic mass is 19.3. The Kier molecular flexibility index (Phi) is 5.79. The van der Waals surface area contributed by atoms with Crippen LogP contribution in [0.4, 0.5) is 8.78 Å². The number of nitrogens with two attached hydrogens (primary N) is 1. The molecule has 0 aliphatic carbocycles. The fourth-order valence-electron chi connectivity index (χ4n) is 3.18. The van der Waals surface area contributed by atoms with Crippen molar-refractivity contribution in [2.45, 2.75) is 12.5 Å². The summed E-state index contributed by atoms with van der Waals surface area (Å²) >= 11 is 0. The van der Waals surface area contributed by atoms with Gasteiger partial charge in [-0.3, -0.25) is 4.79 Å². The highest BCUT2D eigenvalue weighted by Gasteiger charge is 2.26. The zero-order valence-electron chi connectivity index (χ0n) is 16.7. The number of alkyl halides is 2. The number of benzene rings is 1. The van der Waals surface area contributed by atoms with E-state index >= 15 is 0 Å². The van der Waals surface area contributed by atoms with Gasteiger partial charge in [0.2, 0.25) is 5.91 Å². The summed E-state index contributed by atoms with van der Waals surface area (Å²) in [6, 6.07) is 10.7. The number of methoxy groups -OCH3 is 1. The molecular formula is C21H17F2N5O4. The minimum atomic E-state index is -3.03. The molecule has 0 radical (unpaired) electrons. The number of carbonyl (C=O) groups is 1. The van der Waals surface area contributed by atoms with Gasteiger partial charge in [-0.1, -0.05) is 6.07 Å². The molecule has 0 saturated carbocycles. The van der Waals surface area contributed by atoms with Crippen molar-refractivity contribution in [3.8, 4) is 28.9 Å². The maximum atomic E-state index is 12.7. The van der Waals surface area contributed by atoms with Gasteiger partial charge in [0.1, 0.15) is 5.92 Å². The van der Waals surface area contributed by atoms with Crippen molar-refractivity contribution in [1.82, 2.24) is 19.7 Å². The molecule has 0 aliphatic rings. The number of ether oxygens (including phenoxy) is 2. The third-order valence-electron chi connectivity index (χ3n) is 4.53. The molecular weight excluding hydrogens is 424 g/mol. The van der Waals surface area contributed by atoms with E-state index in [1.54, 1.807) is 36.7 Å². The fourth-order valence-corrected chi connectivity index (χ4v) is 3.18. The van der Waals surface area contributed by atoms with Crippen LogP contribution >= 0.6 is 0 Å². The largest absolute Gasteiger partial charge is 0.493 e. The van der Waals surface area contributed by atoms with Crippen molar-refractivity contribution in [2.24, 2.45) is 5.73 Å². The molecule has 11 heteroatoms. The lowest BCUT2D eigenvalue weighted by Crippen LogP contribution is -2.24. The first-order valence-corrected chi connectivity index (χ1v) is 9.31. The number of carbonyl (C=O) groups excluding carboxylic acids is 1. The molecule has 3 aromatic heterocycles. The number of furan rings is 1. The number of nitrogens with zero attached hydrogens (tertiary/aromatic N) is 4. The second-order valence-corrected chi connectivity index (χ2v) is 6.53. The Labute approximate surface area is 180 Å². The van der Waals surface area contributed by atoms with E-state index in [1.807, 2.05) is 0 Å². The number of amides is 1. The lowest BCUT2D eigenvalue weighted by Gasteiger charge is -2.17. The van der Waals surface area contributed by atoms with Gasteiger partial charge in [0.05, 0.1) is 19.1 Å². The van der Waals surface area contributed by atoms with E-state index < -0.39 is 18.4 Å². The van der Waals surface area contributed by atoms with Crippen LogP contribution in [0.1, 0.15) is 17.2 Å². The van der Waals surface area contributed by atoms with Gasteiger partial charge in [0, 0.05) is 18.5 Å². The summed E-state index contributed by atoms with van der Waals surface area (Å²) < 4.78 is 41.8. The molecule has 0 fully saturated rings. The van der Waals surface area contributed by atoms with Crippen molar-refractivity contribution in [3.63, 3.8) is 0 Å². The van der Waals surface area contributed by atoms with Crippen LogP contribution in [-0.4, -0.2) is 39.4 Å². The zero-order chi connectivity index (χ0) is 22.7. The molecule has 4 rings (SSSR count). The lowest BCUT2D eigenvalue weighted by atomic mass is 9.94. The minimum absolute atomic E-state index is 0.0154. The summed E-state index contributed by atoms with van der Waals surface area (Å²) in [5, 5.41) is 4.17. The van der Waals surface area contributed by atoms with Crippen LogP contribution in [0.3, 0.4) is 0 Å². The molecule has 2 N–H and O–H groups in total. The van der Waals surface area contributed by atoms with E-state index in [-0.39, 0.29) is 23.0 Å². The Hall–Kier alpha value is -4.28. The molecule has 1 aromatic carbocycles. The molecule has 1 atom stereocenters. The number of hydrogen-bond donors (Lipinski definition) is 1. The predicted molar refractivity (Wildman–Crippen MR) is 108 cm³/mol. The van der Waals surface area contributed by atoms with Gasteiger partial charge in [-0.15, -0.1) is 0 Å². The second kappa shape index (κ2) is 8.84. The van der Waals surface area contributed by atoms with Crippen LogP contribution in [0, 0.1) is 0 Å². The molecule has 164 valence electrons. The van der Waals surface area contributed by atoms with Crippen molar-refractivity contribution in [3.05, 3.63) is 72.4 Å². The molecule has 0 aliphatic heterocycles. The van der Waals surface area contributed by atoms with Crippen molar-refractivity contribution < 1.29 is 27.5 Å². The van der Waals surface area contributed by atoms with Crippen LogP contribution in [0.5, 0.6) is 11.5 Å². The zero-order valence-corrected chi connectivity index (χ0v) is 16.7. The summed E-state index contributed by atoms with van der Waals surface area (Å²) in [5.74, 6) is -0.953. The number of halogens is 2. The first-order valence-electron chi connectivity index (χ1n) is 9.31. The molecule has 1 amide bonds. The third kappa shape index (κ3) is 4.26. The second-order valence-electron chi connectivity index (χ2n) is 6.53. The van der Waals surface area contributed by atoms with E-state index in [2.05, 4.69) is 19.8 Å². The number of rotatable bonds is 8. The van der Waals surface area contributed by atoms with Gasteiger partial charge in [-0.05, 0) is 35.9 Å². The third-order valence-corrected chi connectivity index (χ3v) is 4.53. The van der Waals surface area contributed by atoms with Gasteiger partial charge >= 0.3 is 6.61 Å². The number of primary amides is 1. The first kappa shape index (κ1) is 21.0. The summed E-state index contributed by atoms with van der Waals surface area (Å²) in [6.07, 6.45) is 4.72. The Morgan fingerprint density at radius 1 is 1.16 bits per heavy atom. The lowest BCUT2D eigenvalue weighted by molar-refractivity contribution is -0.118. The van der Waals surface area contributed by atoms with Gasteiger partial charge < -0.3 is 19.6 Å². The highest BCUT2D eigenvalue weighted by molar-refractivity contribution is 5.85. The minimum Gasteiger partial charge on any atom is -0.493 e. The Morgan fingerprint density at radius 2 is 2.00 bits per heavy atom. The van der Waals surface area contributed by atoms with Crippen molar-refractivity contribution >= 4 is 5.91 Å². The Bertz CT molecular complexity index is 1160. The van der Waals surface area contributed by atoms with Gasteiger partial charge in [0.15, 0.2) is 28.9 Å². The average Bonchev–Trinajstić information content (AvgIpc) is 3.48. The van der Waals surface area contributed by atoms with Gasteiger partial charge in [-0.25, -0.2) is 14.6 Å². The number of hydrogen-bond acceptors (Lipinski definition) is 7. The van der Waals surface area contributed by atoms with Crippen molar-refractivity contribution in [1.29, 1.82) is 0 Å². The predicted octanol–water partition coefficient (Wildman–Crippen LogP) is 3.15. The summed E-state index contributed by atoms with van der Waals surface area (Å²) in [4.78, 5) is 21.4. The molecule has 1 unspecified atom stereocenters. The SMILES string of the molecule is COc1cc(C(C(N)=O)c2cc(-n3cccn3)nc(-c3ccco3)n2)ccc1OC(F)F. The molecule has 9 nitrogen and oxygen atoms in total. The molecule has 0 saturated heterocycles. The summed E-state index contributed by atoms with van der Waals surface area (Å²) in [6.45, 7) is -3.03. The Balaban J connectivity index is 1.84. The van der Waals surface area contributed by atoms with Crippen molar-refractivity contribution in [2.75, 3.05) is 7.11 Å². The monoisotopic (exact) mass is 441 g/mol. The Morgan fingerprint density at radius 3 is 2.62 bits per heavy atom.